The summed E-state index contributed by atoms with van der Waals surface area (Å²) in [6.07, 6.45) is 4.37. The molecule has 0 saturated heterocycles. The van der Waals surface area contributed by atoms with Gasteiger partial charge in [-0.2, -0.15) is 0 Å². The molecule has 2 aromatic rings. The van der Waals surface area contributed by atoms with E-state index in [9.17, 15) is 0 Å². The number of H-pyrrole nitrogens is 1. The minimum Gasteiger partial charge on any atom is -0.361 e. The molecule has 0 aliphatic carbocycles. The molecule has 3 heteroatoms. The summed E-state index contributed by atoms with van der Waals surface area (Å²) in [6.45, 7) is 7.48. The van der Waals surface area contributed by atoms with Crippen molar-refractivity contribution in [3.8, 4) is 0 Å². The summed E-state index contributed by atoms with van der Waals surface area (Å²) in [5, 5.41) is 5.58. The van der Waals surface area contributed by atoms with Gasteiger partial charge in [0, 0.05) is 22.6 Å². The number of benzene rings is 1. The van der Waals surface area contributed by atoms with Crippen molar-refractivity contribution in [1.29, 1.82) is 0 Å². The smallest absolute Gasteiger partial charge is 0.0501 e. The molecule has 98 valence electrons. The number of nitrogens with one attached hydrogen (secondary N) is 2. The molecule has 0 amide bonds. The van der Waals surface area contributed by atoms with Crippen LogP contribution in [0, 0.1) is 6.92 Å². The second kappa shape index (κ2) is 5.77. The van der Waals surface area contributed by atoms with Crippen molar-refractivity contribution in [2.45, 2.75) is 39.7 Å². The van der Waals surface area contributed by atoms with Crippen molar-refractivity contribution in [1.82, 2.24) is 10.3 Å². The van der Waals surface area contributed by atoms with Crippen LogP contribution in [0.4, 0.5) is 0 Å². The summed E-state index contributed by atoms with van der Waals surface area (Å²) in [7, 11) is 0. The zero-order chi connectivity index (χ0) is 13.1. The predicted molar refractivity (Wildman–Crippen MR) is 79.5 cm³/mol. The Balaban J connectivity index is 2.08. The van der Waals surface area contributed by atoms with Crippen LogP contribution in [-0.2, 0) is 6.42 Å². The van der Waals surface area contributed by atoms with Gasteiger partial charge in [-0.05, 0) is 43.5 Å². The highest BCUT2D eigenvalue weighted by molar-refractivity contribution is 6.32. The molecule has 1 aromatic carbocycles. The molecule has 0 bridgehead atoms. The third-order valence-corrected chi connectivity index (χ3v) is 3.72. The van der Waals surface area contributed by atoms with Crippen LogP contribution in [-0.4, -0.2) is 17.6 Å². The van der Waals surface area contributed by atoms with Crippen LogP contribution in [0.15, 0.2) is 18.3 Å². The summed E-state index contributed by atoms with van der Waals surface area (Å²) in [4.78, 5) is 3.34. The molecule has 0 unspecified atom stereocenters. The first-order chi connectivity index (χ1) is 8.59. The van der Waals surface area contributed by atoms with Crippen molar-refractivity contribution >= 4 is 22.5 Å². The van der Waals surface area contributed by atoms with Gasteiger partial charge in [0.1, 0.15) is 0 Å². The Morgan fingerprint density at radius 3 is 2.83 bits per heavy atom. The fourth-order valence-electron chi connectivity index (χ4n) is 2.25. The van der Waals surface area contributed by atoms with Gasteiger partial charge in [-0.15, -0.1) is 0 Å². The average Bonchev–Trinajstić information content (AvgIpc) is 2.73. The van der Waals surface area contributed by atoms with Gasteiger partial charge in [-0.25, -0.2) is 0 Å². The Morgan fingerprint density at radius 2 is 2.11 bits per heavy atom. The van der Waals surface area contributed by atoms with Gasteiger partial charge < -0.3 is 10.3 Å². The maximum atomic E-state index is 6.13. The quantitative estimate of drug-likeness (QED) is 0.783. The lowest BCUT2D eigenvalue weighted by molar-refractivity contribution is 0.571. The first-order valence-corrected chi connectivity index (χ1v) is 6.96. The van der Waals surface area contributed by atoms with Crippen LogP contribution in [0.3, 0.4) is 0 Å². The number of aryl methyl sites for hydroxylation is 2. The van der Waals surface area contributed by atoms with E-state index in [-0.39, 0.29) is 0 Å². The largest absolute Gasteiger partial charge is 0.361 e. The zero-order valence-corrected chi connectivity index (χ0v) is 12.1. The summed E-state index contributed by atoms with van der Waals surface area (Å²) >= 11 is 6.13. The van der Waals surface area contributed by atoms with E-state index in [1.165, 1.54) is 16.5 Å². The molecule has 0 aliphatic rings. The third kappa shape index (κ3) is 2.88. The maximum absolute atomic E-state index is 6.13. The molecular formula is C15H21ClN2. The van der Waals surface area contributed by atoms with E-state index in [0.717, 1.165) is 30.0 Å². The van der Waals surface area contributed by atoms with E-state index in [2.05, 4.69) is 43.3 Å². The van der Waals surface area contributed by atoms with Crippen molar-refractivity contribution in [2.75, 3.05) is 6.54 Å². The van der Waals surface area contributed by atoms with Crippen LogP contribution in [0.2, 0.25) is 5.02 Å². The normalized spacial score (nSPS) is 11.6. The van der Waals surface area contributed by atoms with Crippen LogP contribution in [0.25, 0.3) is 10.9 Å². The van der Waals surface area contributed by atoms with Crippen LogP contribution >= 0.6 is 11.6 Å². The summed E-state index contributed by atoms with van der Waals surface area (Å²) in [5.41, 5.74) is 3.70. The van der Waals surface area contributed by atoms with Crippen molar-refractivity contribution in [3.63, 3.8) is 0 Å². The molecular weight excluding hydrogens is 244 g/mol. The van der Waals surface area contributed by atoms with Gasteiger partial charge in [-0.1, -0.05) is 31.5 Å². The lowest BCUT2D eigenvalue weighted by Gasteiger charge is -2.07. The van der Waals surface area contributed by atoms with E-state index < -0.39 is 0 Å². The molecule has 2 rings (SSSR count). The molecule has 0 spiro atoms. The maximum Gasteiger partial charge on any atom is 0.0501 e. The zero-order valence-electron chi connectivity index (χ0n) is 11.3. The molecule has 0 saturated carbocycles. The fraction of sp³-hybridized carbons (Fsp3) is 0.467. The molecule has 0 fully saturated rings. The molecule has 2 nitrogen and oxygen atoms in total. The highest BCUT2D eigenvalue weighted by Gasteiger charge is 2.07. The van der Waals surface area contributed by atoms with E-state index in [1.807, 2.05) is 6.07 Å². The predicted octanol–water partition coefficient (Wildman–Crippen LogP) is 4.06. The topological polar surface area (TPSA) is 27.8 Å². The number of rotatable bonds is 5. The Hall–Kier alpha value is -0.990. The van der Waals surface area contributed by atoms with Crippen LogP contribution in [0.5, 0.6) is 0 Å². The van der Waals surface area contributed by atoms with Gasteiger partial charge in [-0.3, -0.25) is 0 Å². The van der Waals surface area contributed by atoms with Crippen LogP contribution in [0.1, 0.15) is 31.4 Å². The number of hydrogen-bond acceptors (Lipinski definition) is 1. The van der Waals surface area contributed by atoms with E-state index in [4.69, 9.17) is 11.6 Å². The molecule has 0 radical (unpaired) electrons. The molecule has 1 heterocycles. The number of halogens is 1. The Kier molecular flexibility index (Phi) is 4.31. The Bertz CT molecular complexity index is 529. The van der Waals surface area contributed by atoms with E-state index in [1.54, 1.807) is 0 Å². The molecule has 0 atom stereocenters. The minimum absolute atomic E-state index is 0.564. The van der Waals surface area contributed by atoms with E-state index >= 15 is 0 Å². The fourth-order valence-corrected chi connectivity index (χ4v) is 2.41. The highest BCUT2D eigenvalue weighted by Crippen LogP contribution is 2.27. The van der Waals surface area contributed by atoms with Gasteiger partial charge in [0.2, 0.25) is 0 Å². The van der Waals surface area contributed by atoms with Crippen molar-refractivity contribution in [2.24, 2.45) is 0 Å². The molecule has 0 aliphatic heterocycles. The van der Waals surface area contributed by atoms with Gasteiger partial charge >= 0.3 is 0 Å². The minimum atomic E-state index is 0.564. The second-order valence-electron chi connectivity index (χ2n) is 5.12. The first-order valence-electron chi connectivity index (χ1n) is 6.58. The average molecular weight is 265 g/mol. The van der Waals surface area contributed by atoms with Crippen molar-refractivity contribution < 1.29 is 0 Å². The number of aromatic amines is 1. The highest BCUT2D eigenvalue weighted by atomic mass is 35.5. The molecule has 1 aromatic heterocycles. The third-order valence-electron chi connectivity index (χ3n) is 3.31. The summed E-state index contributed by atoms with van der Waals surface area (Å²) in [5.74, 6) is 0. The Labute approximate surface area is 114 Å². The lowest BCUT2D eigenvalue weighted by Crippen LogP contribution is -2.23. The summed E-state index contributed by atoms with van der Waals surface area (Å²) < 4.78 is 0. The Morgan fingerprint density at radius 1 is 1.33 bits per heavy atom. The van der Waals surface area contributed by atoms with Gasteiger partial charge in [0.25, 0.3) is 0 Å². The number of fused-ring (bicyclic) bond motifs is 1. The van der Waals surface area contributed by atoms with Crippen LogP contribution < -0.4 is 5.32 Å². The first kappa shape index (κ1) is 13.4. The SMILES string of the molecule is Cc1c(Cl)ccc2c(CCCNC(C)C)c[nH]c12. The summed E-state index contributed by atoms with van der Waals surface area (Å²) in [6, 6.07) is 4.67. The number of aromatic nitrogens is 1. The van der Waals surface area contributed by atoms with Gasteiger partial charge in [0.05, 0.1) is 5.52 Å². The van der Waals surface area contributed by atoms with E-state index in [0.29, 0.717) is 6.04 Å². The molecule has 18 heavy (non-hydrogen) atoms. The standard InChI is InChI=1S/C15H21ClN2/c1-10(2)17-8-4-5-12-9-18-15-11(3)14(16)7-6-13(12)15/h6-7,9-10,17-18H,4-5,8H2,1-3H3. The lowest BCUT2D eigenvalue weighted by atomic mass is 10.1. The monoisotopic (exact) mass is 264 g/mol. The molecule has 2 N–H and O–H groups in total. The van der Waals surface area contributed by atoms with Gasteiger partial charge in [0.15, 0.2) is 0 Å². The number of hydrogen-bond donors (Lipinski definition) is 2. The second-order valence-corrected chi connectivity index (χ2v) is 5.53. The van der Waals surface area contributed by atoms with Crippen molar-refractivity contribution in [3.05, 3.63) is 34.5 Å².